The molecule has 1 N–H and O–H groups in total. The van der Waals surface area contributed by atoms with Gasteiger partial charge in [0.05, 0.1) is 11.3 Å². The van der Waals surface area contributed by atoms with Crippen LogP contribution in [0.4, 0.5) is 10.9 Å². The highest BCUT2D eigenvalue weighted by Gasteiger charge is 2.12. The molecule has 5 nitrogen and oxygen atoms in total. The number of nitrogens with zero attached hydrogens (tertiary/aromatic N) is 2. The summed E-state index contributed by atoms with van der Waals surface area (Å²) in [4.78, 5) is 21.0. The van der Waals surface area contributed by atoms with E-state index in [9.17, 15) is 4.79 Å². The quantitative estimate of drug-likeness (QED) is 0.563. The van der Waals surface area contributed by atoms with Crippen molar-refractivity contribution in [2.45, 2.75) is 6.92 Å². The Hall–Kier alpha value is -2.99. The van der Waals surface area contributed by atoms with E-state index < -0.39 is 0 Å². The van der Waals surface area contributed by atoms with Crippen molar-refractivity contribution in [3.8, 4) is 11.3 Å². The lowest BCUT2D eigenvalue weighted by atomic mass is 10.1. The molecule has 0 aliphatic rings. The van der Waals surface area contributed by atoms with Gasteiger partial charge in [0.1, 0.15) is 11.4 Å². The molecule has 3 heterocycles. The number of rotatable bonds is 3. The Kier molecular flexibility index (Phi) is 3.59. The standard InChI is InChI=1S/C18H13N3O2S/c1-11-5-4-8-19-16(11)21-18-20-14(10-24-18)13-9-12-6-2-3-7-15(12)23-17(13)22/h2-10H,1H3,(H,19,20,21). The van der Waals surface area contributed by atoms with Crippen molar-refractivity contribution in [2.75, 3.05) is 5.32 Å². The zero-order valence-corrected chi connectivity index (χ0v) is 13.6. The summed E-state index contributed by atoms with van der Waals surface area (Å²) < 4.78 is 5.37. The highest BCUT2D eigenvalue weighted by molar-refractivity contribution is 7.14. The molecule has 0 bridgehead atoms. The first-order valence-corrected chi connectivity index (χ1v) is 8.26. The lowest BCUT2D eigenvalue weighted by Crippen LogP contribution is -2.03. The van der Waals surface area contributed by atoms with Gasteiger partial charge in [-0.15, -0.1) is 11.3 Å². The molecule has 0 saturated carbocycles. The molecule has 4 aromatic rings. The fourth-order valence-corrected chi connectivity index (χ4v) is 3.12. The Morgan fingerprint density at radius 1 is 1.17 bits per heavy atom. The van der Waals surface area contributed by atoms with E-state index >= 15 is 0 Å². The van der Waals surface area contributed by atoms with Gasteiger partial charge in [0.2, 0.25) is 0 Å². The third-order valence-electron chi connectivity index (χ3n) is 3.66. The summed E-state index contributed by atoms with van der Waals surface area (Å²) >= 11 is 1.42. The van der Waals surface area contributed by atoms with Gasteiger partial charge in [-0.05, 0) is 30.7 Å². The Balaban J connectivity index is 1.71. The molecule has 0 amide bonds. The predicted octanol–water partition coefficient (Wildman–Crippen LogP) is 4.36. The summed E-state index contributed by atoms with van der Waals surface area (Å²) in [5, 5.41) is 6.57. The van der Waals surface area contributed by atoms with E-state index in [0.717, 1.165) is 16.8 Å². The van der Waals surface area contributed by atoms with Gasteiger partial charge in [-0.2, -0.15) is 0 Å². The van der Waals surface area contributed by atoms with Gasteiger partial charge in [0.15, 0.2) is 5.13 Å². The molecule has 0 atom stereocenters. The maximum Gasteiger partial charge on any atom is 0.345 e. The SMILES string of the molecule is Cc1cccnc1Nc1nc(-c2cc3ccccc3oc2=O)cs1. The van der Waals surface area contributed by atoms with Crippen LogP contribution in [0.5, 0.6) is 0 Å². The lowest BCUT2D eigenvalue weighted by molar-refractivity contribution is 0.563. The lowest BCUT2D eigenvalue weighted by Gasteiger charge is -2.04. The highest BCUT2D eigenvalue weighted by atomic mass is 32.1. The van der Waals surface area contributed by atoms with Crippen LogP contribution in [-0.4, -0.2) is 9.97 Å². The smallest absolute Gasteiger partial charge is 0.345 e. The van der Waals surface area contributed by atoms with Crippen LogP contribution in [0.25, 0.3) is 22.2 Å². The maximum atomic E-state index is 12.2. The fraction of sp³-hybridized carbons (Fsp3) is 0.0556. The first-order chi connectivity index (χ1) is 11.7. The van der Waals surface area contributed by atoms with Crippen molar-refractivity contribution in [1.29, 1.82) is 0 Å². The summed E-state index contributed by atoms with van der Waals surface area (Å²) in [6.45, 7) is 1.97. The van der Waals surface area contributed by atoms with Gasteiger partial charge in [-0.1, -0.05) is 24.3 Å². The van der Waals surface area contributed by atoms with Crippen molar-refractivity contribution in [3.05, 3.63) is 70.0 Å². The second-order valence-corrected chi connectivity index (χ2v) is 6.18. The molecule has 0 saturated heterocycles. The molecule has 24 heavy (non-hydrogen) atoms. The zero-order valence-electron chi connectivity index (χ0n) is 12.8. The molecule has 0 fully saturated rings. The Labute approximate surface area is 141 Å². The molecule has 6 heteroatoms. The zero-order chi connectivity index (χ0) is 16.5. The average Bonchev–Trinajstić information content (AvgIpc) is 3.04. The molecule has 0 unspecified atom stereocenters. The van der Waals surface area contributed by atoms with Gasteiger partial charge in [0, 0.05) is 17.0 Å². The van der Waals surface area contributed by atoms with Crippen LogP contribution in [0.2, 0.25) is 0 Å². The van der Waals surface area contributed by atoms with Crippen LogP contribution >= 0.6 is 11.3 Å². The third kappa shape index (κ3) is 2.68. The van der Waals surface area contributed by atoms with Crippen molar-refractivity contribution >= 4 is 33.3 Å². The van der Waals surface area contributed by atoms with E-state index in [1.165, 1.54) is 11.3 Å². The maximum absolute atomic E-state index is 12.2. The van der Waals surface area contributed by atoms with E-state index in [1.54, 1.807) is 12.3 Å². The van der Waals surface area contributed by atoms with E-state index in [4.69, 9.17) is 4.42 Å². The fourth-order valence-electron chi connectivity index (χ4n) is 2.41. The van der Waals surface area contributed by atoms with Crippen LogP contribution in [0.1, 0.15) is 5.56 Å². The molecule has 0 spiro atoms. The highest BCUT2D eigenvalue weighted by Crippen LogP contribution is 2.27. The normalized spacial score (nSPS) is 10.9. The molecule has 0 aliphatic heterocycles. The van der Waals surface area contributed by atoms with Crippen LogP contribution < -0.4 is 10.9 Å². The van der Waals surface area contributed by atoms with Gasteiger partial charge >= 0.3 is 5.63 Å². The van der Waals surface area contributed by atoms with Gasteiger partial charge in [-0.25, -0.2) is 14.8 Å². The second-order valence-electron chi connectivity index (χ2n) is 5.32. The van der Waals surface area contributed by atoms with Crippen molar-refractivity contribution in [1.82, 2.24) is 9.97 Å². The van der Waals surface area contributed by atoms with Crippen molar-refractivity contribution in [3.63, 3.8) is 0 Å². The number of hydrogen-bond donors (Lipinski definition) is 1. The minimum Gasteiger partial charge on any atom is -0.422 e. The van der Waals surface area contributed by atoms with E-state index in [-0.39, 0.29) is 5.63 Å². The van der Waals surface area contributed by atoms with Crippen LogP contribution in [0.15, 0.2) is 63.3 Å². The molecule has 1 aromatic carbocycles. The minimum absolute atomic E-state index is 0.389. The molecule has 3 aromatic heterocycles. The Bertz CT molecular complexity index is 1080. The Morgan fingerprint density at radius 3 is 2.92 bits per heavy atom. The summed E-state index contributed by atoms with van der Waals surface area (Å²) in [6.07, 6.45) is 1.72. The minimum atomic E-state index is -0.389. The van der Waals surface area contributed by atoms with Crippen LogP contribution in [0, 0.1) is 6.92 Å². The summed E-state index contributed by atoms with van der Waals surface area (Å²) in [5.74, 6) is 0.754. The van der Waals surface area contributed by atoms with Crippen LogP contribution in [-0.2, 0) is 0 Å². The number of benzene rings is 1. The van der Waals surface area contributed by atoms with Crippen LogP contribution in [0.3, 0.4) is 0 Å². The number of anilines is 2. The van der Waals surface area contributed by atoms with Crippen molar-refractivity contribution < 1.29 is 4.42 Å². The number of hydrogen-bond acceptors (Lipinski definition) is 6. The molecule has 0 aliphatic carbocycles. The number of pyridine rings is 1. The summed E-state index contributed by atoms with van der Waals surface area (Å²) in [5.41, 5.74) is 2.26. The number of para-hydroxylation sites is 1. The Morgan fingerprint density at radius 2 is 2.04 bits per heavy atom. The molecular formula is C18H13N3O2S. The number of thiazole rings is 1. The van der Waals surface area contributed by atoms with Crippen molar-refractivity contribution in [2.24, 2.45) is 0 Å². The number of aryl methyl sites for hydroxylation is 1. The number of nitrogens with one attached hydrogen (secondary N) is 1. The topological polar surface area (TPSA) is 68.0 Å². The molecule has 4 rings (SSSR count). The van der Waals surface area contributed by atoms with Gasteiger partial charge in [-0.3, -0.25) is 0 Å². The monoisotopic (exact) mass is 335 g/mol. The average molecular weight is 335 g/mol. The second kappa shape index (κ2) is 5.90. The van der Waals surface area contributed by atoms with E-state index in [2.05, 4.69) is 15.3 Å². The molecule has 0 radical (unpaired) electrons. The summed E-state index contributed by atoms with van der Waals surface area (Å²) in [6, 6.07) is 13.1. The first kappa shape index (κ1) is 14.6. The number of fused-ring (bicyclic) bond motifs is 1. The third-order valence-corrected chi connectivity index (χ3v) is 4.41. The molecule has 118 valence electrons. The van der Waals surface area contributed by atoms with Gasteiger partial charge in [0.25, 0.3) is 0 Å². The predicted molar refractivity (Wildman–Crippen MR) is 95.8 cm³/mol. The van der Waals surface area contributed by atoms with E-state index in [0.29, 0.717) is 22.0 Å². The molecular weight excluding hydrogens is 322 g/mol. The summed E-state index contributed by atoms with van der Waals surface area (Å²) in [7, 11) is 0. The van der Waals surface area contributed by atoms with Gasteiger partial charge < -0.3 is 9.73 Å². The first-order valence-electron chi connectivity index (χ1n) is 7.38. The largest absolute Gasteiger partial charge is 0.422 e. The number of aromatic nitrogens is 2. The van der Waals surface area contributed by atoms with E-state index in [1.807, 2.05) is 48.7 Å².